The van der Waals surface area contributed by atoms with Gasteiger partial charge in [0.2, 0.25) is 5.91 Å². The minimum atomic E-state index is -1.58. The Morgan fingerprint density at radius 1 is 0.493 bits per heavy atom. The van der Waals surface area contributed by atoms with Gasteiger partial charge in [0.05, 0.1) is 25.4 Å². The van der Waals surface area contributed by atoms with Crippen LogP contribution in [-0.2, 0) is 14.3 Å². The molecule has 71 heavy (non-hydrogen) atoms. The van der Waals surface area contributed by atoms with E-state index in [1.54, 1.807) is 6.08 Å². The van der Waals surface area contributed by atoms with Gasteiger partial charge in [-0.05, 0) is 103 Å². The molecule has 6 N–H and O–H groups in total. The SMILES string of the molecule is CC/C=C\C/C=C\C/C=C\C/C=C\C/C=C\C/C=C\C/C=C\C/C=C\C/C=C\CCCCCCCCCC(=O)NC(COC1OC(CO)C(O)C(O)C1O)C(O)/C=C/CC/C=C/CCCCCCCCC. The van der Waals surface area contributed by atoms with Crippen LogP contribution in [-0.4, -0.2) is 87.5 Å². The van der Waals surface area contributed by atoms with Gasteiger partial charge >= 0.3 is 0 Å². The van der Waals surface area contributed by atoms with Gasteiger partial charge in [-0.15, -0.1) is 0 Å². The molecule has 0 saturated carbocycles. The van der Waals surface area contributed by atoms with Crippen molar-refractivity contribution in [2.24, 2.45) is 0 Å². The number of aliphatic hydroxyl groups is 5. The Balaban J connectivity index is 2.22. The van der Waals surface area contributed by atoms with Crippen LogP contribution in [0.15, 0.2) is 134 Å². The third-order valence-electron chi connectivity index (χ3n) is 12.2. The van der Waals surface area contributed by atoms with Crippen LogP contribution in [0.3, 0.4) is 0 Å². The Kier molecular flexibility index (Phi) is 45.9. The molecule has 0 radical (unpaired) electrons. The van der Waals surface area contributed by atoms with Crippen LogP contribution in [0.2, 0.25) is 0 Å². The normalized spacial score (nSPS) is 20.4. The molecule has 7 atom stereocenters. The van der Waals surface area contributed by atoms with Crippen molar-refractivity contribution in [3.8, 4) is 0 Å². The fourth-order valence-electron chi connectivity index (χ4n) is 7.81. The Morgan fingerprint density at radius 3 is 1.35 bits per heavy atom. The fourth-order valence-corrected chi connectivity index (χ4v) is 7.81. The van der Waals surface area contributed by atoms with E-state index >= 15 is 0 Å². The van der Waals surface area contributed by atoms with E-state index in [1.165, 1.54) is 64.2 Å². The van der Waals surface area contributed by atoms with Crippen molar-refractivity contribution >= 4 is 5.91 Å². The van der Waals surface area contributed by atoms with E-state index in [9.17, 15) is 30.3 Å². The standard InChI is InChI=1S/C62H101NO8/c1-3-5-7-9-11-13-15-17-18-19-20-21-22-23-24-25-26-27-28-29-30-31-32-33-34-35-36-37-38-40-42-44-46-48-50-52-58(66)63-55(54-70-62-61(69)60(68)59(67)57(53-64)71-62)56(65)51-49-47-45-43-41-39-16-14-12-10-8-6-4-2/h5,7,11,13,17-18,20-21,23-24,26-27,29-30,32-33,35-36,41,43,49,51,55-57,59-62,64-65,67-69H,3-4,6,8-10,12,14-16,19,22,25,28,31,34,37-40,42,44-48,50,52-54H2,1-2H3,(H,63,66)/b7-5-,13-11-,18-17-,21-20-,24-23-,27-26-,30-29-,33-32-,36-35-,43-41+,51-49+. The van der Waals surface area contributed by atoms with Gasteiger partial charge in [0.15, 0.2) is 6.29 Å². The molecule has 0 spiro atoms. The lowest BCUT2D eigenvalue weighted by Crippen LogP contribution is -2.60. The number of allylic oxidation sites excluding steroid dienone is 21. The van der Waals surface area contributed by atoms with E-state index < -0.39 is 49.5 Å². The Labute approximate surface area is 432 Å². The number of nitrogens with one attached hydrogen (secondary N) is 1. The zero-order chi connectivity index (χ0) is 51.5. The zero-order valence-electron chi connectivity index (χ0n) is 44.4. The molecule has 1 amide bonds. The number of hydrogen-bond acceptors (Lipinski definition) is 8. The highest BCUT2D eigenvalue weighted by Gasteiger charge is 2.44. The molecule has 1 rings (SSSR count). The van der Waals surface area contributed by atoms with Crippen molar-refractivity contribution < 1.29 is 39.8 Å². The highest BCUT2D eigenvalue weighted by atomic mass is 16.7. The Bertz CT molecular complexity index is 1570. The van der Waals surface area contributed by atoms with Gasteiger partial charge in [0.1, 0.15) is 24.4 Å². The molecule has 1 aliphatic heterocycles. The minimum Gasteiger partial charge on any atom is -0.394 e. The number of hydrogen-bond donors (Lipinski definition) is 6. The Morgan fingerprint density at radius 2 is 0.887 bits per heavy atom. The van der Waals surface area contributed by atoms with E-state index in [1.807, 2.05) is 6.08 Å². The topological polar surface area (TPSA) is 149 Å². The van der Waals surface area contributed by atoms with Gasteiger partial charge in [0.25, 0.3) is 0 Å². The molecular formula is C62H101NO8. The number of carbonyl (C=O) groups excluding carboxylic acids is 1. The molecule has 1 saturated heterocycles. The molecule has 402 valence electrons. The first-order valence-electron chi connectivity index (χ1n) is 27.9. The van der Waals surface area contributed by atoms with Gasteiger partial charge in [-0.1, -0.05) is 218 Å². The van der Waals surface area contributed by atoms with E-state index in [-0.39, 0.29) is 12.5 Å². The number of aliphatic hydroxyl groups excluding tert-OH is 5. The molecule has 1 fully saturated rings. The molecule has 0 bridgehead atoms. The van der Waals surface area contributed by atoms with Gasteiger partial charge in [-0.2, -0.15) is 0 Å². The third kappa shape index (κ3) is 39.5. The summed E-state index contributed by atoms with van der Waals surface area (Å²) in [5.41, 5.74) is 0. The molecule has 9 nitrogen and oxygen atoms in total. The highest BCUT2D eigenvalue weighted by molar-refractivity contribution is 5.76. The van der Waals surface area contributed by atoms with Crippen molar-refractivity contribution in [3.05, 3.63) is 134 Å². The summed E-state index contributed by atoms with van der Waals surface area (Å²) in [5, 5.41) is 54.3. The molecule has 7 unspecified atom stereocenters. The second-order valence-electron chi connectivity index (χ2n) is 18.6. The van der Waals surface area contributed by atoms with Crippen molar-refractivity contribution in [2.45, 2.75) is 236 Å². The fraction of sp³-hybridized carbons (Fsp3) is 0.629. The molecule has 1 heterocycles. The number of ether oxygens (including phenoxy) is 2. The second kappa shape index (κ2) is 49.9. The first kappa shape index (κ1) is 65.3. The van der Waals surface area contributed by atoms with Crippen LogP contribution in [0.4, 0.5) is 0 Å². The van der Waals surface area contributed by atoms with Crippen LogP contribution in [0.5, 0.6) is 0 Å². The van der Waals surface area contributed by atoms with Crippen LogP contribution >= 0.6 is 0 Å². The largest absolute Gasteiger partial charge is 0.394 e. The summed E-state index contributed by atoms with van der Waals surface area (Å²) in [6, 6.07) is -0.837. The maximum absolute atomic E-state index is 13.0. The second-order valence-corrected chi connectivity index (χ2v) is 18.6. The lowest BCUT2D eigenvalue weighted by molar-refractivity contribution is -0.302. The number of carbonyl (C=O) groups is 1. The molecule has 0 aromatic heterocycles. The van der Waals surface area contributed by atoms with Crippen LogP contribution in [0.25, 0.3) is 0 Å². The summed E-state index contributed by atoms with van der Waals surface area (Å²) >= 11 is 0. The van der Waals surface area contributed by atoms with Gasteiger partial charge < -0.3 is 40.3 Å². The lowest BCUT2D eigenvalue weighted by atomic mass is 9.99. The van der Waals surface area contributed by atoms with Crippen molar-refractivity contribution in [1.29, 1.82) is 0 Å². The first-order valence-corrected chi connectivity index (χ1v) is 27.9. The zero-order valence-corrected chi connectivity index (χ0v) is 44.4. The van der Waals surface area contributed by atoms with Gasteiger partial charge in [0, 0.05) is 6.42 Å². The average molecular weight is 988 g/mol. The van der Waals surface area contributed by atoms with Gasteiger partial charge in [-0.3, -0.25) is 4.79 Å². The summed E-state index contributed by atoms with van der Waals surface area (Å²) in [7, 11) is 0. The number of rotatable bonds is 45. The van der Waals surface area contributed by atoms with Gasteiger partial charge in [-0.25, -0.2) is 0 Å². The van der Waals surface area contributed by atoms with Crippen molar-refractivity contribution in [3.63, 3.8) is 0 Å². The van der Waals surface area contributed by atoms with Crippen molar-refractivity contribution in [2.75, 3.05) is 13.2 Å². The molecule has 0 aromatic rings. The minimum absolute atomic E-state index is 0.205. The predicted molar refractivity (Wildman–Crippen MR) is 299 cm³/mol. The number of amides is 1. The summed E-state index contributed by atoms with van der Waals surface area (Å²) in [5.74, 6) is -0.205. The van der Waals surface area contributed by atoms with E-state index in [0.717, 1.165) is 109 Å². The van der Waals surface area contributed by atoms with Crippen LogP contribution in [0.1, 0.15) is 194 Å². The molecule has 9 heteroatoms. The van der Waals surface area contributed by atoms with E-state index in [0.29, 0.717) is 6.42 Å². The maximum Gasteiger partial charge on any atom is 0.220 e. The van der Waals surface area contributed by atoms with Crippen LogP contribution < -0.4 is 5.32 Å². The third-order valence-corrected chi connectivity index (χ3v) is 12.2. The quantitative estimate of drug-likeness (QED) is 0.0261. The average Bonchev–Trinajstić information content (AvgIpc) is 3.37. The lowest BCUT2D eigenvalue weighted by Gasteiger charge is -2.40. The maximum atomic E-state index is 13.0. The molecule has 0 aromatic carbocycles. The summed E-state index contributed by atoms with van der Waals surface area (Å²) in [6.45, 7) is 3.61. The molecule has 0 aliphatic carbocycles. The summed E-state index contributed by atoms with van der Waals surface area (Å²) in [4.78, 5) is 13.0. The first-order chi connectivity index (χ1) is 34.8. The monoisotopic (exact) mass is 988 g/mol. The summed E-state index contributed by atoms with van der Waals surface area (Å²) in [6.07, 6.45) is 69.4. The molecular weight excluding hydrogens is 887 g/mol. The predicted octanol–water partition coefficient (Wildman–Crippen LogP) is 13.7. The van der Waals surface area contributed by atoms with E-state index in [2.05, 4.69) is 141 Å². The molecule has 1 aliphatic rings. The Hall–Kier alpha value is -3.67. The van der Waals surface area contributed by atoms with Crippen molar-refractivity contribution in [1.82, 2.24) is 5.32 Å². The van der Waals surface area contributed by atoms with E-state index in [4.69, 9.17) is 9.47 Å². The smallest absolute Gasteiger partial charge is 0.220 e. The van der Waals surface area contributed by atoms with Crippen LogP contribution in [0, 0.1) is 0 Å². The summed E-state index contributed by atoms with van der Waals surface area (Å²) < 4.78 is 11.2. The number of unbranched alkanes of at least 4 members (excludes halogenated alkanes) is 15. The highest BCUT2D eigenvalue weighted by Crippen LogP contribution is 2.22.